The summed E-state index contributed by atoms with van der Waals surface area (Å²) in [7, 11) is 0. The first-order valence-corrected chi connectivity index (χ1v) is 5.86. The third kappa shape index (κ3) is 1.11. The lowest BCUT2D eigenvalue weighted by atomic mass is 9.97. The van der Waals surface area contributed by atoms with Gasteiger partial charge in [-0.2, -0.15) is 0 Å². The van der Waals surface area contributed by atoms with Crippen LogP contribution in [0.15, 0.2) is 12.3 Å². The van der Waals surface area contributed by atoms with Crippen molar-refractivity contribution >= 4 is 0 Å². The molecule has 2 unspecified atom stereocenters. The molecule has 1 aromatic heterocycles. The maximum absolute atomic E-state index is 6.51. The highest BCUT2D eigenvalue weighted by Crippen LogP contribution is 2.64. The van der Waals surface area contributed by atoms with Crippen molar-refractivity contribution in [2.24, 2.45) is 17.6 Å². The lowest BCUT2D eigenvalue weighted by molar-refractivity contribution is 0.511. The van der Waals surface area contributed by atoms with Crippen molar-refractivity contribution < 1.29 is 0 Å². The van der Waals surface area contributed by atoms with Crippen molar-refractivity contribution in [3.8, 4) is 0 Å². The van der Waals surface area contributed by atoms with Gasteiger partial charge in [0.25, 0.3) is 0 Å². The maximum atomic E-state index is 6.51. The minimum Gasteiger partial charge on any atom is -0.320 e. The molecular formula is C13H18N2. The molecule has 0 spiro atoms. The molecule has 0 bridgehead atoms. The molecule has 2 saturated carbocycles. The summed E-state index contributed by atoms with van der Waals surface area (Å²) in [6.07, 6.45) is 5.91. The van der Waals surface area contributed by atoms with Gasteiger partial charge in [0.15, 0.2) is 0 Å². The predicted octanol–water partition coefficient (Wildman–Crippen LogP) is 2.28. The Morgan fingerprint density at radius 2 is 2.00 bits per heavy atom. The van der Waals surface area contributed by atoms with Crippen LogP contribution in [-0.4, -0.2) is 4.98 Å². The fraction of sp³-hybridized carbons (Fsp3) is 0.615. The van der Waals surface area contributed by atoms with Crippen LogP contribution in [0.2, 0.25) is 0 Å². The van der Waals surface area contributed by atoms with E-state index in [2.05, 4.69) is 24.9 Å². The Balaban J connectivity index is 2.00. The molecule has 15 heavy (non-hydrogen) atoms. The Morgan fingerprint density at radius 1 is 1.33 bits per heavy atom. The van der Waals surface area contributed by atoms with E-state index in [1.54, 1.807) is 0 Å². The van der Waals surface area contributed by atoms with Gasteiger partial charge >= 0.3 is 0 Å². The van der Waals surface area contributed by atoms with Gasteiger partial charge in [0.1, 0.15) is 0 Å². The van der Waals surface area contributed by atoms with Crippen LogP contribution in [0.5, 0.6) is 0 Å². The first kappa shape index (κ1) is 9.34. The lowest BCUT2D eigenvalue weighted by Gasteiger charge is -2.17. The molecule has 1 heterocycles. The highest BCUT2D eigenvalue weighted by molar-refractivity contribution is 5.37. The van der Waals surface area contributed by atoms with Crippen LogP contribution in [0.4, 0.5) is 0 Å². The Bertz CT molecular complexity index is 401. The van der Waals surface area contributed by atoms with E-state index in [1.165, 1.54) is 30.4 Å². The fourth-order valence-corrected chi connectivity index (χ4v) is 3.52. The minimum absolute atomic E-state index is 0.0734. The zero-order valence-corrected chi connectivity index (χ0v) is 9.46. The summed E-state index contributed by atoms with van der Waals surface area (Å²) in [5.74, 6) is 1.43. The molecule has 2 N–H and O–H groups in total. The van der Waals surface area contributed by atoms with Crippen LogP contribution < -0.4 is 5.73 Å². The van der Waals surface area contributed by atoms with E-state index in [4.69, 9.17) is 5.73 Å². The molecule has 1 aromatic rings. The van der Waals surface area contributed by atoms with Gasteiger partial charge in [-0.25, -0.2) is 0 Å². The Hall–Kier alpha value is -0.890. The number of fused-ring (bicyclic) bond motifs is 1. The second-order valence-corrected chi connectivity index (χ2v) is 5.26. The molecule has 2 heteroatoms. The third-order valence-electron chi connectivity index (χ3n) is 4.26. The maximum Gasteiger partial charge on any atom is 0.0650 e. The number of nitrogens with zero attached hydrogens (tertiary/aromatic N) is 1. The molecule has 3 rings (SSSR count). The number of hydrogen-bond acceptors (Lipinski definition) is 2. The van der Waals surface area contributed by atoms with Gasteiger partial charge in [-0.1, -0.05) is 12.5 Å². The molecule has 2 aliphatic carbocycles. The van der Waals surface area contributed by atoms with Gasteiger partial charge in [-0.05, 0) is 49.7 Å². The van der Waals surface area contributed by atoms with Crippen molar-refractivity contribution in [1.29, 1.82) is 0 Å². The normalized spacial score (nSPS) is 37.8. The molecule has 0 radical (unpaired) electrons. The van der Waals surface area contributed by atoms with Crippen LogP contribution in [0, 0.1) is 25.7 Å². The summed E-state index contributed by atoms with van der Waals surface area (Å²) in [5.41, 5.74) is 10.1. The number of pyridine rings is 1. The molecule has 2 fully saturated rings. The summed E-state index contributed by atoms with van der Waals surface area (Å²) in [6, 6.07) is 2.20. The topological polar surface area (TPSA) is 38.9 Å². The molecule has 0 aliphatic heterocycles. The molecule has 2 atom stereocenters. The summed E-state index contributed by atoms with van der Waals surface area (Å²) >= 11 is 0. The van der Waals surface area contributed by atoms with Crippen LogP contribution in [0.25, 0.3) is 0 Å². The summed E-state index contributed by atoms with van der Waals surface area (Å²) in [6.45, 7) is 4.22. The Labute approximate surface area is 90.9 Å². The molecule has 0 aromatic carbocycles. The number of aromatic nitrogens is 1. The molecule has 0 saturated heterocycles. The number of nitrogens with two attached hydrogens (primary N) is 1. The van der Waals surface area contributed by atoms with Gasteiger partial charge < -0.3 is 5.73 Å². The molecule has 2 aliphatic rings. The van der Waals surface area contributed by atoms with Crippen molar-refractivity contribution in [3.05, 3.63) is 29.1 Å². The largest absolute Gasteiger partial charge is 0.320 e. The standard InChI is InChI=1S/C13H18N2/c1-8-6-9(2)12(15-7-8)13(14)10-4-3-5-11(10)13/h6-7,10-11H,3-5,14H2,1-2H3. The molecule has 0 amide bonds. The molecule has 80 valence electrons. The van der Waals surface area contributed by atoms with Gasteiger partial charge in [0.2, 0.25) is 0 Å². The van der Waals surface area contributed by atoms with Crippen molar-refractivity contribution in [1.82, 2.24) is 4.98 Å². The van der Waals surface area contributed by atoms with E-state index in [-0.39, 0.29) is 5.54 Å². The minimum atomic E-state index is -0.0734. The second kappa shape index (κ2) is 2.82. The summed E-state index contributed by atoms with van der Waals surface area (Å²) in [5, 5.41) is 0. The van der Waals surface area contributed by atoms with E-state index in [0.717, 1.165) is 5.69 Å². The van der Waals surface area contributed by atoms with Crippen LogP contribution in [0.1, 0.15) is 36.1 Å². The highest BCUT2D eigenvalue weighted by atomic mass is 15.0. The Morgan fingerprint density at radius 3 is 2.60 bits per heavy atom. The average molecular weight is 202 g/mol. The molecular weight excluding hydrogens is 184 g/mol. The monoisotopic (exact) mass is 202 g/mol. The first-order valence-electron chi connectivity index (χ1n) is 5.86. The smallest absolute Gasteiger partial charge is 0.0650 e. The SMILES string of the molecule is Cc1cnc(C2(N)C3CCCC32)c(C)c1. The van der Waals surface area contributed by atoms with E-state index >= 15 is 0 Å². The van der Waals surface area contributed by atoms with E-state index in [0.29, 0.717) is 11.8 Å². The zero-order valence-electron chi connectivity index (χ0n) is 9.46. The van der Waals surface area contributed by atoms with Gasteiger partial charge in [-0.15, -0.1) is 0 Å². The number of rotatable bonds is 1. The summed E-state index contributed by atoms with van der Waals surface area (Å²) < 4.78 is 0. The van der Waals surface area contributed by atoms with Gasteiger partial charge in [0.05, 0.1) is 11.2 Å². The van der Waals surface area contributed by atoms with Crippen molar-refractivity contribution in [2.75, 3.05) is 0 Å². The van der Waals surface area contributed by atoms with Crippen molar-refractivity contribution in [2.45, 2.75) is 38.6 Å². The number of hydrogen-bond donors (Lipinski definition) is 1. The predicted molar refractivity (Wildman–Crippen MR) is 60.4 cm³/mol. The average Bonchev–Trinajstić information content (AvgIpc) is 2.63. The lowest BCUT2D eigenvalue weighted by Crippen LogP contribution is -2.28. The molecule has 2 nitrogen and oxygen atoms in total. The number of aryl methyl sites for hydroxylation is 2. The van der Waals surface area contributed by atoms with Crippen LogP contribution in [-0.2, 0) is 5.54 Å². The van der Waals surface area contributed by atoms with Crippen LogP contribution in [0.3, 0.4) is 0 Å². The van der Waals surface area contributed by atoms with Crippen LogP contribution >= 0.6 is 0 Å². The fourth-order valence-electron chi connectivity index (χ4n) is 3.52. The van der Waals surface area contributed by atoms with Gasteiger partial charge in [0, 0.05) is 6.20 Å². The van der Waals surface area contributed by atoms with E-state index < -0.39 is 0 Å². The van der Waals surface area contributed by atoms with E-state index in [9.17, 15) is 0 Å². The van der Waals surface area contributed by atoms with Crippen molar-refractivity contribution in [3.63, 3.8) is 0 Å². The Kier molecular flexibility index (Phi) is 1.76. The highest BCUT2D eigenvalue weighted by Gasteiger charge is 2.65. The quantitative estimate of drug-likeness (QED) is 0.758. The van der Waals surface area contributed by atoms with Gasteiger partial charge in [-0.3, -0.25) is 4.98 Å². The second-order valence-electron chi connectivity index (χ2n) is 5.26. The zero-order chi connectivity index (χ0) is 10.6. The summed E-state index contributed by atoms with van der Waals surface area (Å²) in [4.78, 5) is 4.57. The van der Waals surface area contributed by atoms with E-state index in [1.807, 2.05) is 6.20 Å². The first-order chi connectivity index (χ1) is 7.14. The third-order valence-corrected chi connectivity index (χ3v) is 4.26.